The van der Waals surface area contributed by atoms with Gasteiger partial charge in [-0.05, 0) is 34.1 Å². The number of carbonyl (C=O) groups is 2. The minimum absolute atomic E-state index is 0.0134. The van der Waals surface area contributed by atoms with Gasteiger partial charge in [-0.15, -0.1) is 0 Å². The number of nitrogens with one attached hydrogen (secondary N) is 1. The van der Waals surface area contributed by atoms with Crippen LogP contribution < -0.4 is 5.32 Å². The third-order valence-corrected chi connectivity index (χ3v) is 3.31. The quantitative estimate of drug-likeness (QED) is 0.813. The highest BCUT2D eigenvalue weighted by Crippen LogP contribution is 2.25. The molecule has 0 saturated carbocycles. The molecule has 4 nitrogen and oxygen atoms in total. The summed E-state index contributed by atoms with van der Waals surface area (Å²) in [6.45, 7) is 10.6. The molecule has 1 rings (SSSR count). The van der Waals surface area contributed by atoms with E-state index in [1.54, 1.807) is 4.90 Å². The van der Waals surface area contributed by atoms with Crippen LogP contribution in [0.2, 0.25) is 0 Å². The van der Waals surface area contributed by atoms with E-state index < -0.39 is 0 Å². The van der Waals surface area contributed by atoms with Crippen LogP contribution in [0.4, 0.5) is 0 Å². The Bertz CT molecular complexity index is 307. The third-order valence-electron chi connectivity index (χ3n) is 3.31. The Kier molecular flexibility index (Phi) is 4.17. The minimum Gasteiger partial charge on any atom is -0.353 e. The van der Waals surface area contributed by atoms with Crippen LogP contribution in [-0.2, 0) is 9.59 Å². The molecule has 0 unspecified atom stereocenters. The van der Waals surface area contributed by atoms with Crippen LogP contribution in [0.5, 0.6) is 0 Å². The molecule has 4 heteroatoms. The maximum atomic E-state index is 11.9. The van der Waals surface area contributed by atoms with E-state index >= 15 is 0 Å². The third kappa shape index (κ3) is 3.45. The van der Waals surface area contributed by atoms with E-state index in [1.807, 2.05) is 34.6 Å². The maximum absolute atomic E-state index is 11.9. The van der Waals surface area contributed by atoms with Crippen molar-refractivity contribution < 1.29 is 9.59 Å². The molecule has 2 amide bonds. The topological polar surface area (TPSA) is 49.4 Å². The molecule has 0 bridgehead atoms. The standard InChI is InChI=1S/C13H24N2O2/c1-6-9(2)14-12(17)10-7-11(16)15(8-10)13(3,4)5/h9-10H,6-8H2,1-5H3,(H,14,17)/t9-,10-/m1/s1. The lowest BCUT2D eigenvalue weighted by Crippen LogP contribution is -2.43. The van der Waals surface area contributed by atoms with Gasteiger partial charge in [-0.3, -0.25) is 9.59 Å². The predicted octanol–water partition coefficient (Wildman–Crippen LogP) is 1.55. The average molecular weight is 240 g/mol. The highest BCUT2D eigenvalue weighted by Gasteiger charge is 2.39. The van der Waals surface area contributed by atoms with Gasteiger partial charge < -0.3 is 10.2 Å². The van der Waals surface area contributed by atoms with Gasteiger partial charge in [-0.25, -0.2) is 0 Å². The Morgan fingerprint density at radius 1 is 1.53 bits per heavy atom. The number of carbonyl (C=O) groups excluding carboxylic acids is 2. The lowest BCUT2D eigenvalue weighted by molar-refractivity contribution is -0.132. The van der Waals surface area contributed by atoms with E-state index in [1.165, 1.54) is 0 Å². The fourth-order valence-electron chi connectivity index (χ4n) is 1.99. The van der Waals surface area contributed by atoms with Crippen molar-refractivity contribution in [2.45, 2.75) is 59.0 Å². The first-order valence-electron chi connectivity index (χ1n) is 6.36. The summed E-state index contributed by atoms with van der Waals surface area (Å²) in [6.07, 6.45) is 1.26. The second-order valence-electron chi connectivity index (χ2n) is 5.89. The van der Waals surface area contributed by atoms with Crippen molar-refractivity contribution in [1.29, 1.82) is 0 Å². The molecule has 1 N–H and O–H groups in total. The van der Waals surface area contributed by atoms with Crippen LogP contribution in [0.3, 0.4) is 0 Å². The van der Waals surface area contributed by atoms with Crippen LogP contribution in [0.15, 0.2) is 0 Å². The molecular formula is C13H24N2O2. The van der Waals surface area contributed by atoms with Crippen molar-refractivity contribution in [3.63, 3.8) is 0 Å². The van der Waals surface area contributed by atoms with Crippen molar-refractivity contribution in [3.8, 4) is 0 Å². The van der Waals surface area contributed by atoms with E-state index in [0.29, 0.717) is 13.0 Å². The minimum atomic E-state index is -0.192. The van der Waals surface area contributed by atoms with Gasteiger partial charge in [0.1, 0.15) is 0 Å². The summed E-state index contributed by atoms with van der Waals surface area (Å²) in [5.41, 5.74) is -0.192. The smallest absolute Gasteiger partial charge is 0.225 e. The average Bonchev–Trinajstić information content (AvgIpc) is 2.59. The Balaban J connectivity index is 2.60. The number of amides is 2. The summed E-state index contributed by atoms with van der Waals surface area (Å²) >= 11 is 0. The zero-order chi connectivity index (χ0) is 13.2. The maximum Gasteiger partial charge on any atom is 0.225 e. The van der Waals surface area contributed by atoms with Crippen LogP contribution in [-0.4, -0.2) is 34.8 Å². The van der Waals surface area contributed by atoms with E-state index in [0.717, 1.165) is 6.42 Å². The second-order valence-corrected chi connectivity index (χ2v) is 5.89. The Morgan fingerprint density at radius 3 is 2.53 bits per heavy atom. The molecule has 17 heavy (non-hydrogen) atoms. The monoisotopic (exact) mass is 240 g/mol. The molecule has 1 heterocycles. The first-order valence-corrected chi connectivity index (χ1v) is 6.36. The first kappa shape index (κ1) is 14.0. The van der Waals surface area contributed by atoms with Gasteiger partial charge in [0.05, 0.1) is 5.92 Å². The lowest BCUT2D eigenvalue weighted by atomic mass is 10.1. The van der Waals surface area contributed by atoms with Gasteiger partial charge in [-0.1, -0.05) is 6.92 Å². The molecular weight excluding hydrogens is 216 g/mol. The van der Waals surface area contributed by atoms with Crippen molar-refractivity contribution >= 4 is 11.8 Å². The number of likely N-dealkylation sites (tertiary alicyclic amines) is 1. The normalized spacial score (nSPS) is 22.8. The highest BCUT2D eigenvalue weighted by atomic mass is 16.2. The summed E-state index contributed by atoms with van der Waals surface area (Å²) in [5, 5.41) is 2.95. The SMILES string of the molecule is CC[C@@H](C)NC(=O)[C@@H]1CC(=O)N(C(C)(C)C)C1. The largest absolute Gasteiger partial charge is 0.353 e. The second kappa shape index (κ2) is 5.07. The molecule has 98 valence electrons. The van der Waals surface area contributed by atoms with Gasteiger partial charge in [-0.2, -0.15) is 0 Å². The molecule has 1 fully saturated rings. The summed E-state index contributed by atoms with van der Waals surface area (Å²) < 4.78 is 0. The van der Waals surface area contributed by atoms with Gasteiger partial charge in [0, 0.05) is 24.5 Å². The first-order chi connectivity index (χ1) is 7.75. The van der Waals surface area contributed by atoms with Gasteiger partial charge in [0.25, 0.3) is 0 Å². The molecule has 0 aromatic rings. The van der Waals surface area contributed by atoms with Crippen LogP contribution in [0.25, 0.3) is 0 Å². The van der Waals surface area contributed by atoms with Gasteiger partial charge in [0.15, 0.2) is 0 Å². The van der Waals surface area contributed by atoms with Crippen molar-refractivity contribution in [2.24, 2.45) is 5.92 Å². The molecule has 0 aromatic carbocycles. The van der Waals surface area contributed by atoms with Gasteiger partial charge in [0.2, 0.25) is 11.8 Å². The fourth-order valence-corrected chi connectivity index (χ4v) is 1.99. The van der Waals surface area contributed by atoms with Crippen molar-refractivity contribution in [1.82, 2.24) is 10.2 Å². The number of hydrogen-bond acceptors (Lipinski definition) is 2. The zero-order valence-electron chi connectivity index (χ0n) is 11.5. The Labute approximate surface area is 104 Å². The molecule has 1 aliphatic heterocycles. The van der Waals surface area contributed by atoms with E-state index in [2.05, 4.69) is 5.32 Å². The predicted molar refractivity (Wildman–Crippen MR) is 67.5 cm³/mol. The van der Waals surface area contributed by atoms with Crippen molar-refractivity contribution in [3.05, 3.63) is 0 Å². The van der Waals surface area contributed by atoms with Gasteiger partial charge >= 0.3 is 0 Å². The molecule has 0 aromatic heterocycles. The molecule has 2 atom stereocenters. The number of hydrogen-bond donors (Lipinski definition) is 1. The summed E-state index contributed by atoms with van der Waals surface area (Å²) in [7, 11) is 0. The summed E-state index contributed by atoms with van der Waals surface area (Å²) in [4.78, 5) is 25.6. The number of rotatable bonds is 3. The molecule has 0 aliphatic carbocycles. The molecule has 0 spiro atoms. The Morgan fingerprint density at radius 2 is 2.12 bits per heavy atom. The molecule has 1 saturated heterocycles. The molecule has 1 aliphatic rings. The summed E-state index contributed by atoms with van der Waals surface area (Å²) in [5.74, 6) is -0.0861. The van der Waals surface area contributed by atoms with Crippen LogP contribution in [0, 0.1) is 5.92 Å². The lowest BCUT2D eigenvalue weighted by Gasteiger charge is -2.32. The summed E-state index contributed by atoms with van der Waals surface area (Å²) in [6, 6.07) is 0.182. The number of nitrogens with zero attached hydrogens (tertiary/aromatic N) is 1. The molecule has 0 radical (unpaired) electrons. The Hall–Kier alpha value is -1.06. The van der Waals surface area contributed by atoms with Crippen LogP contribution >= 0.6 is 0 Å². The van der Waals surface area contributed by atoms with Crippen LogP contribution in [0.1, 0.15) is 47.5 Å². The van der Waals surface area contributed by atoms with Crippen molar-refractivity contribution in [2.75, 3.05) is 6.54 Å². The van der Waals surface area contributed by atoms with E-state index in [-0.39, 0.29) is 29.3 Å². The fraction of sp³-hybridized carbons (Fsp3) is 0.846. The van der Waals surface area contributed by atoms with E-state index in [4.69, 9.17) is 0 Å². The van der Waals surface area contributed by atoms with E-state index in [9.17, 15) is 9.59 Å². The zero-order valence-corrected chi connectivity index (χ0v) is 11.5. The highest BCUT2D eigenvalue weighted by molar-refractivity contribution is 5.89.